The fourth-order valence-electron chi connectivity index (χ4n) is 5.51. The van der Waals surface area contributed by atoms with Gasteiger partial charge in [0, 0.05) is 22.1 Å². The number of carbonyl (C=O) groups excluding carboxylic acids is 2. The van der Waals surface area contributed by atoms with Gasteiger partial charge in [-0.15, -0.1) is 0 Å². The number of phenols is 3. The number of methoxy groups -OCH3 is 3. The molecule has 194 valence electrons. The molecule has 0 unspecified atom stereocenters. The molecule has 1 aliphatic rings. The lowest BCUT2D eigenvalue weighted by molar-refractivity contribution is -0.114. The third-order valence-electron chi connectivity index (χ3n) is 7.19. The summed E-state index contributed by atoms with van der Waals surface area (Å²) in [6.45, 7) is 0. The molecule has 3 N–H and O–H groups in total. The van der Waals surface area contributed by atoms with Crippen LogP contribution in [-0.2, 0) is 9.53 Å². The fourth-order valence-corrected chi connectivity index (χ4v) is 5.51. The minimum Gasteiger partial charge on any atom is -0.508 e. The summed E-state index contributed by atoms with van der Waals surface area (Å²) in [6.07, 6.45) is 0. The highest BCUT2D eigenvalue weighted by Gasteiger charge is 2.37. The van der Waals surface area contributed by atoms with Gasteiger partial charge in [-0.2, -0.15) is 0 Å². The maximum absolute atomic E-state index is 13.4. The number of aromatic hydroxyl groups is 3. The standard InChI is InChI=1S/C31H22O8/c1-37-22-13-15-5-7-19-18(23(15)30(38-2)27(22)34)10-11-21(33)25(19)26-20-8-4-14-12-16(32)6-9-17(14)24(20)28(35)29(36)31(26)39-3/h4-13,32-34H,1-3H3. The summed E-state index contributed by atoms with van der Waals surface area (Å²) in [4.78, 5) is 26.7. The van der Waals surface area contributed by atoms with Gasteiger partial charge in [-0.1, -0.05) is 24.3 Å². The Morgan fingerprint density at radius 1 is 0.641 bits per heavy atom. The number of fused-ring (bicyclic) bond motifs is 6. The van der Waals surface area contributed by atoms with Crippen LogP contribution in [-0.4, -0.2) is 48.2 Å². The molecule has 5 aromatic carbocycles. The average Bonchev–Trinajstić information content (AvgIpc) is 2.94. The molecule has 0 heterocycles. The van der Waals surface area contributed by atoms with E-state index in [4.69, 9.17) is 14.2 Å². The van der Waals surface area contributed by atoms with Crippen molar-refractivity contribution in [2.24, 2.45) is 0 Å². The molecule has 39 heavy (non-hydrogen) atoms. The molecule has 8 nitrogen and oxygen atoms in total. The van der Waals surface area contributed by atoms with Crippen molar-refractivity contribution in [2.75, 3.05) is 21.3 Å². The first kappa shape index (κ1) is 24.1. The quantitative estimate of drug-likeness (QED) is 0.210. The molecule has 0 aromatic heterocycles. The van der Waals surface area contributed by atoms with Gasteiger partial charge in [-0.25, -0.2) is 0 Å². The molecule has 6 rings (SSSR count). The Kier molecular flexibility index (Phi) is 5.36. The van der Waals surface area contributed by atoms with Gasteiger partial charge in [0.1, 0.15) is 11.5 Å². The number of Topliss-reactive ketones (excluding diaryl/α,β-unsaturated/α-hetero) is 2. The Morgan fingerprint density at radius 3 is 2.08 bits per heavy atom. The molecule has 0 saturated carbocycles. The monoisotopic (exact) mass is 522 g/mol. The highest BCUT2D eigenvalue weighted by Crippen LogP contribution is 2.49. The second kappa shape index (κ2) is 8.66. The first-order valence-corrected chi connectivity index (χ1v) is 12.0. The van der Waals surface area contributed by atoms with Crippen LogP contribution in [0.5, 0.6) is 28.7 Å². The lowest BCUT2D eigenvalue weighted by atomic mass is 9.80. The van der Waals surface area contributed by atoms with E-state index in [1.807, 2.05) is 0 Å². The lowest BCUT2D eigenvalue weighted by Crippen LogP contribution is -2.25. The first-order valence-electron chi connectivity index (χ1n) is 12.0. The van der Waals surface area contributed by atoms with E-state index in [-0.39, 0.29) is 51.2 Å². The Morgan fingerprint density at radius 2 is 1.36 bits per heavy atom. The number of benzene rings is 5. The molecule has 0 atom stereocenters. The largest absolute Gasteiger partial charge is 0.508 e. The summed E-state index contributed by atoms with van der Waals surface area (Å²) in [6, 6.07) is 16.4. The zero-order valence-corrected chi connectivity index (χ0v) is 21.2. The molecule has 0 fully saturated rings. The van der Waals surface area contributed by atoms with Crippen LogP contribution >= 0.6 is 0 Å². The van der Waals surface area contributed by atoms with Crippen LogP contribution in [0.15, 0.2) is 66.4 Å². The Balaban J connectivity index is 1.77. The molecule has 8 heteroatoms. The number of ether oxygens (including phenoxy) is 3. The minimum atomic E-state index is -0.849. The van der Waals surface area contributed by atoms with Crippen molar-refractivity contribution < 1.29 is 39.1 Å². The van der Waals surface area contributed by atoms with Crippen molar-refractivity contribution in [3.05, 3.63) is 83.1 Å². The maximum Gasteiger partial charge on any atom is 0.268 e. The van der Waals surface area contributed by atoms with Crippen LogP contribution in [0.25, 0.3) is 37.9 Å². The summed E-state index contributed by atoms with van der Waals surface area (Å²) in [5.41, 5.74) is 1.10. The van der Waals surface area contributed by atoms with E-state index in [1.54, 1.807) is 42.5 Å². The molecule has 0 spiro atoms. The molecular formula is C31H22O8. The molecular weight excluding hydrogens is 500 g/mol. The number of rotatable bonds is 4. The van der Waals surface area contributed by atoms with Crippen molar-refractivity contribution >= 4 is 49.5 Å². The summed E-state index contributed by atoms with van der Waals surface area (Å²) in [5.74, 6) is -1.65. The number of hydrogen-bond donors (Lipinski definition) is 3. The SMILES string of the molecule is COC1=C(c2c(O)ccc3c2ccc2cc(OC)c(O)c(OC)c23)c2ccc3cc(O)ccc3c2C(=O)C1=O. The van der Waals surface area contributed by atoms with E-state index in [0.717, 1.165) is 0 Å². The maximum atomic E-state index is 13.4. The zero-order chi connectivity index (χ0) is 27.6. The van der Waals surface area contributed by atoms with Gasteiger partial charge < -0.3 is 29.5 Å². The highest BCUT2D eigenvalue weighted by atomic mass is 16.5. The topological polar surface area (TPSA) is 123 Å². The van der Waals surface area contributed by atoms with Crippen molar-refractivity contribution in [3.8, 4) is 28.7 Å². The predicted molar refractivity (Wildman–Crippen MR) is 146 cm³/mol. The molecule has 0 amide bonds. The number of phenolic OH excluding ortho intramolecular Hbond substituents is 3. The summed E-state index contributed by atoms with van der Waals surface area (Å²) >= 11 is 0. The van der Waals surface area contributed by atoms with E-state index < -0.39 is 11.6 Å². The third-order valence-corrected chi connectivity index (χ3v) is 7.19. The predicted octanol–water partition coefficient (Wildman–Crippen LogP) is 5.45. The molecule has 1 aliphatic carbocycles. The Hall–Kier alpha value is -5.24. The molecule has 0 saturated heterocycles. The fraction of sp³-hybridized carbons (Fsp3) is 0.0968. The van der Waals surface area contributed by atoms with Gasteiger partial charge in [-0.3, -0.25) is 9.59 Å². The number of hydrogen-bond acceptors (Lipinski definition) is 8. The Bertz CT molecular complexity index is 1930. The normalized spacial score (nSPS) is 13.3. The van der Waals surface area contributed by atoms with E-state index in [2.05, 4.69) is 0 Å². The average molecular weight is 523 g/mol. The van der Waals surface area contributed by atoms with Crippen LogP contribution < -0.4 is 9.47 Å². The Labute approximate surface area is 221 Å². The van der Waals surface area contributed by atoms with Gasteiger partial charge in [0.15, 0.2) is 17.3 Å². The van der Waals surface area contributed by atoms with E-state index in [0.29, 0.717) is 37.9 Å². The summed E-state index contributed by atoms with van der Waals surface area (Å²) < 4.78 is 16.4. The van der Waals surface area contributed by atoms with Crippen molar-refractivity contribution in [1.29, 1.82) is 0 Å². The van der Waals surface area contributed by atoms with Crippen LogP contribution in [0, 0.1) is 0 Å². The van der Waals surface area contributed by atoms with Gasteiger partial charge >= 0.3 is 0 Å². The van der Waals surface area contributed by atoms with Crippen LogP contribution in [0.2, 0.25) is 0 Å². The molecule has 0 radical (unpaired) electrons. The van der Waals surface area contributed by atoms with Crippen molar-refractivity contribution in [2.45, 2.75) is 0 Å². The van der Waals surface area contributed by atoms with Crippen LogP contribution in [0.3, 0.4) is 0 Å². The van der Waals surface area contributed by atoms with Crippen molar-refractivity contribution in [3.63, 3.8) is 0 Å². The van der Waals surface area contributed by atoms with Gasteiger partial charge in [0.05, 0.1) is 21.3 Å². The van der Waals surface area contributed by atoms with Gasteiger partial charge in [-0.05, 0) is 68.9 Å². The highest BCUT2D eigenvalue weighted by molar-refractivity contribution is 6.54. The second-order valence-electron chi connectivity index (χ2n) is 9.14. The van der Waals surface area contributed by atoms with E-state index in [9.17, 15) is 24.9 Å². The van der Waals surface area contributed by atoms with Gasteiger partial charge in [0.2, 0.25) is 11.5 Å². The summed E-state index contributed by atoms with van der Waals surface area (Å²) in [7, 11) is 4.18. The number of ketones is 2. The minimum absolute atomic E-state index is 0.0257. The van der Waals surface area contributed by atoms with E-state index in [1.165, 1.54) is 39.5 Å². The summed E-state index contributed by atoms with van der Waals surface area (Å²) in [5, 5.41) is 35.5. The lowest BCUT2D eigenvalue weighted by Gasteiger charge is -2.24. The third kappa shape index (κ3) is 3.31. The molecule has 5 aromatic rings. The van der Waals surface area contributed by atoms with Crippen LogP contribution in [0.4, 0.5) is 0 Å². The molecule has 0 aliphatic heterocycles. The smallest absolute Gasteiger partial charge is 0.268 e. The first-order chi connectivity index (χ1) is 18.8. The van der Waals surface area contributed by atoms with E-state index >= 15 is 0 Å². The number of carbonyl (C=O) groups is 2. The molecule has 0 bridgehead atoms. The number of allylic oxidation sites excluding steroid dienone is 1. The van der Waals surface area contributed by atoms with Crippen LogP contribution in [0.1, 0.15) is 21.5 Å². The van der Waals surface area contributed by atoms with Gasteiger partial charge in [0.25, 0.3) is 5.78 Å². The second-order valence-corrected chi connectivity index (χ2v) is 9.14. The zero-order valence-electron chi connectivity index (χ0n) is 21.2. The van der Waals surface area contributed by atoms with Crippen molar-refractivity contribution in [1.82, 2.24) is 0 Å².